The number of hydrogen-bond acceptors (Lipinski definition) is 5. The first-order valence-corrected chi connectivity index (χ1v) is 22.1. The van der Waals surface area contributed by atoms with Crippen molar-refractivity contribution in [2.75, 3.05) is 0 Å². The summed E-state index contributed by atoms with van der Waals surface area (Å²) >= 11 is 1.88. The minimum absolute atomic E-state index is 0. The summed E-state index contributed by atoms with van der Waals surface area (Å²) in [4.78, 5) is 17.9. The summed E-state index contributed by atoms with van der Waals surface area (Å²) < 4.78 is 8.05. The van der Waals surface area contributed by atoms with Gasteiger partial charge in [-0.1, -0.05) is 129 Å². The molecule has 0 amide bonds. The van der Waals surface area contributed by atoms with Crippen LogP contribution in [0, 0.1) is 35.7 Å². The quantitative estimate of drug-likeness (QED) is 0.0797. The van der Waals surface area contributed by atoms with E-state index in [4.69, 9.17) is 9.40 Å². The number of ketones is 1. The van der Waals surface area contributed by atoms with Gasteiger partial charge < -0.3 is 9.52 Å². The van der Waals surface area contributed by atoms with Crippen LogP contribution in [0.4, 0.5) is 0 Å². The van der Waals surface area contributed by atoms with Gasteiger partial charge in [0.25, 0.3) is 0 Å². The van der Waals surface area contributed by atoms with E-state index >= 15 is 0 Å². The zero-order valence-electron chi connectivity index (χ0n) is 36.9. The second-order valence-corrected chi connectivity index (χ2v) is 19.5. The second-order valence-electron chi connectivity index (χ2n) is 18.5. The van der Waals surface area contributed by atoms with Crippen LogP contribution >= 0.6 is 11.3 Å². The Morgan fingerprint density at radius 1 is 0.797 bits per heavy atom. The number of furan rings is 1. The zero-order chi connectivity index (χ0) is 41.9. The molecule has 0 aliphatic heterocycles. The number of aromatic nitrogens is 1. The maximum atomic E-state index is 11.7. The van der Waals surface area contributed by atoms with Crippen LogP contribution in [0.3, 0.4) is 0 Å². The molecule has 0 aliphatic rings. The molecule has 1 N–H and O–H groups in total. The SMILES string of the molecule is CCC(CC)C(=O)/C=C(\O)C(CC)CC.Cc1c(-c2ccnc(-c3[c-]c4ccccc4c4c3oc3cc(CC(C)(C)C)ccc34)c2)sc2cc(CC(C)(C)C)ccc12.[Ir]. The molecule has 0 unspecified atom stereocenters. The van der Waals surface area contributed by atoms with E-state index in [0.717, 1.165) is 82.5 Å². The first-order chi connectivity index (χ1) is 27.5. The van der Waals surface area contributed by atoms with Crippen molar-refractivity contribution < 1.29 is 34.4 Å². The molecule has 0 aliphatic carbocycles. The number of aryl methyl sites for hydroxylation is 1. The summed E-state index contributed by atoms with van der Waals surface area (Å²) in [5.41, 5.74) is 9.22. The third-order valence-corrected chi connectivity index (χ3v) is 12.6. The van der Waals surface area contributed by atoms with Crippen molar-refractivity contribution >= 4 is 59.9 Å². The number of fused-ring (bicyclic) bond motifs is 6. The van der Waals surface area contributed by atoms with Crippen LogP contribution in [0.15, 0.2) is 95.2 Å². The van der Waals surface area contributed by atoms with Gasteiger partial charge in [-0.2, -0.15) is 0 Å². The van der Waals surface area contributed by atoms with Gasteiger partial charge in [0.1, 0.15) is 5.58 Å². The molecule has 0 saturated heterocycles. The maximum absolute atomic E-state index is 11.7. The molecule has 0 saturated carbocycles. The van der Waals surface area contributed by atoms with Crippen LogP contribution in [-0.2, 0) is 37.7 Å². The fourth-order valence-corrected chi connectivity index (χ4v) is 9.51. The van der Waals surface area contributed by atoms with Crippen molar-refractivity contribution in [3.8, 4) is 21.7 Å². The maximum Gasteiger partial charge on any atom is 0.162 e. The Hall–Kier alpha value is -4.09. The summed E-state index contributed by atoms with van der Waals surface area (Å²) in [6.07, 6.45) is 8.90. The molecule has 0 fully saturated rings. The summed E-state index contributed by atoms with van der Waals surface area (Å²) in [5.74, 6) is 0.547. The first kappa shape index (κ1) is 46.0. The van der Waals surface area contributed by atoms with Crippen molar-refractivity contribution in [1.82, 2.24) is 4.98 Å². The first-order valence-electron chi connectivity index (χ1n) is 21.3. The molecule has 7 aromatic rings. The number of carbonyl (C=O) groups excluding carboxylic acids is 1. The minimum atomic E-state index is 0. The van der Waals surface area contributed by atoms with Gasteiger partial charge in [-0.25, -0.2) is 0 Å². The minimum Gasteiger partial charge on any atom is -0.512 e. The molecule has 1 radical (unpaired) electrons. The molecule has 3 heterocycles. The van der Waals surface area contributed by atoms with Crippen LogP contribution < -0.4 is 0 Å². The van der Waals surface area contributed by atoms with Crippen LogP contribution in [0.1, 0.15) is 112 Å². The van der Waals surface area contributed by atoms with Gasteiger partial charge in [-0.15, -0.1) is 28.9 Å². The Balaban J connectivity index is 0.000000355. The van der Waals surface area contributed by atoms with Gasteiger partial charge in [-0.3, -0.25) is 9.78 Å². The summed E-state index contributed by atoms with van der Waals surface area (Å²) in [6.45, 7) is 24.0. The third kappa shape index (κ3) is 10.6. The van der Waals surface area contributed by atoms with E-state index < -0.39 is 0 Å². The van der Waals surface area contributed by atoms with E-state index in [0.29, 0.717) is 0 Å². The number of allylic oxidation sites excluding steroid dienone is 2. The average Bonchev–Trinajstić information content (AvgIpc) is 3.71. The zero-order valence-corrected chi connectivity index (χ0v) is 40.1. The number of aliphatic hydroxyl groups excluding tert-OH is 1. The largest absolute Gasteiger partial charge is 0.512 e. The fourth-order valence-electron chi connectivity index (χ4n) is 8.24. The van der Waals surface area contributed by atoms with Gasteiger partial charge in [0.2, 0.25) is 0 Å². The number of hydrogen-bond donors (Lipinski definition) is 1. The predicted molar refractivity (Wildman–Crippen MR) is 249 cm³/mol. The Kier molecular flexibility index (Phi) is 14.9. The molecule has 313 valence electrons. The number of nitrogens with zero attached hydrogens (tertiary/aromatic N) is 1. The standard InChI is InChI=1S/C40H38NOS.C13H24O2.Ir/c1-24-29-14-12-26(23-40(5,6)7)19-35(29)43-38(24)28-16-17-41-33(21-28)32-20-27-10-8-9-11-30(27)36-31-15-13-25(22-39(2,3)4)18-34(31)42-37(32)36;1-5-10(6-2)12(14)9-13(15)11(7-3)8-4;/h8-19,21H,22-23H2,1-7H3;9-11,14H,5-8H2,1-4H3;/q-1;;/b;12-9-;. The number of benzene rings is 4. The molecule has 6 heteroatoms. The topological polar surface area (TPSA) is 63.3 Å². The van der Waals surface area contributed by atoms with Gasteiger partial charge >= 0.3 is 0 Å². The summed E-state index contributed by atoms with van der Waals surface area (Å²) in [6, 6.07) is 30.2. The van der Waals surface area contributed by atoms with Crippen LogP contribution in [-0.4, -0.2) is 15.9 Å². The number of carbonyl (C=O) groups is 1. The second kappa shape index (κ2) is 19.1. The van der Waals surface area contributed by atoms with Crippen LogP contribution in [0.25, 0.3) is 64.5 Å². The van der Waals surface area contributed by atoms with Gasteiger partial charge in [0, 0.05) is 64.9 Å². The average molecular weight is 985 g/mol. The van der Waals surface area contributed by atoms with E-state index in [9.17, 15) is 9.90 Å². The normalized spacial score (nSPS) is 12.5. The molecule has 0 spiro atoms. The molecule has 4 nitrogen and oxygen atoms in total. The molecular formula is C53H62IrNO3S-. The fraction of sp³-hybridized carbons (Fsp3) is 0.396. The molecule has 0 bridgehead atoms. The van der Waals surface area contributed by atoms with Crippen LogP contribution in [0.2, 0.25) is 0 Å². The van der Waals surface area contributed by atoms with E-state index in [1.165, 1.54) is 43.3 Å². The van der Waals surface area contributed by atoms with Gasteiger partial charge in [-0.05, 0) is 108 Å². The molecule has 0 atom stereocenters. The smallest absolute Gasteiger partial charge is 0.162 e. The Labute approximate surface area is 369 Å². The van der Waals surface area contributed by atoms with Crippen molar-refractivity contribution in [1.29, 1.82) is 0 Å². The Morgan fingerprint density at radius 2 is 1.41 bits per heavy atom. The van der Waals surface area contributed by atoms with E-state index in [-0.39, 0.29) is 54.3 Å². The van der Waals surface area contributed by atoms with E-state index in [1.54, 1.807) is 0 Å². The number of thiophene rings is 1. The summed E-state index contributed by atoms with van der Waals surface area (Å²) in [5, 5.41) is 15.6. The monoisotopic (exact) mass is 985 g/mol. The van der Waals surface area contributed by atoms with Gasteiger partial charge in [0.15, 0.2) is 5.78 Å². The Bertz CT molecular complexity index is 2590. The van der Waals surface area contributed by atoms with Crippen molar-refractivity contribution in [2.24, 2.45) is 22.7 Å². The number of pyridine rings is 1. The predicted octanol–water partition coefficient (Wildman–Crippen LogP) is 15.8. The summed E-state index contributed by atoms with van der Waals surface area (Å²) in [7, 11) is 0. The van der Waals surface area contributed by atoms with Crippen molar-refractivity contribution in [3.63, 3.8) is 0 Å². The molecule has 59 heavy (non-hydrogen) atoms. The van der Waals surface area contributed by atoms with Crippen molar-refractivity contribution in [3.05, 3.63) is 114 Å². The number of aliphatic hydroxyl groups is 1. The Morgan fingerprint density at radius 3 is 2.03 bits per heavy atom. The van der Waals surface area contributed by atoms with Crippen molar-refractivity contribution in [2.45, 2.75) is 115 Å². The molecular weight excluding hydrogens is 923 g/mol. The van der Waals surface area contributed by atoms with Crippen LogP contribution in [0.5, 0.6) is 0 Å². The molecule has 7 rings (SSSR count). The molecule has 3 aromatic heterocycles. The molecule has 4 aromatic carbocycles. The van der Waals surface area contributed by atoms with E-state index in [1.807, 2.05) is 45.2 Å². The third-order valence-electron chi connectivity index (χ3n) is 11.3. The van der Waals surface area contributed by atoms with Gasteiger partial charge in [0.05, 0.1) is 11.3 Å². The van der Waals surface area contributed by atoms with E-state index in [2.05, 4.69) is 127 Å². The number of rotatable bonds is 11.